The molecule has 0 aliphatic rings. The number of halogens is 4. The van der Waals surface area contributed by atoms with Crippen LogP contribution < -0.4 is 0 Å². The maximum Gasteiger partial charge on any atom is 0.323 e. The highest BCUT2D eigenvalue weighted by Crippen LogP contribution is 2.32. The molecular weight excluding hydrogens is 258 g/mol. The highest BCUT2D eigenvalue weighted by atomic mass is 35.5. The zero-order chi connectivity index (χ0) is 10.6. The lowest BCUT2D eigenvalue weighted by molar-refractivity contribution is -0.140. The van der Waals surface area contributed by atoms with Gasteiger partial charge in [-0.2, -0.15) is 0 Å². The molecule has 0 aromatic carbocycles. The van der Waals surface area contributed by atoms with Gasteiger partial charge in [0.1, 0.15) is 9.71 Å². The molecule has 0 N–H and O–H groups in total. The zero-order valence-electron chi connectivity index (χ0n) is 7.19. The lowest BCUT2D eigenvalue weighted by atomic mass is 10.2. The van der Waals surface area contributed by atoms with Gasteiger partial charge >= 0.3 is 5.97 Å². The molecule has 0 saturated carbocycles. The third kappa shape index (κ3) is 5.16. The molecule has 0 bridgehead atoms. The van der Waals surface area contributed by atoms with E-state index in [9.17, 15) is 4.79 Å². The van der Waals surface area contributed by atoms with Crippen LogP contribution in [0.2, 0.25) is 0 Å². The van der Waals surface area contributed by atoms with Crippen LogP contribution in [0.3, 0.4) is 0 Å². The van der Waals surface area contributed by atoms with E-state index in [1.165, 1.54) is 14.0 Å². The predicted octanol–water partition coefficient (Wildman–Crippen LogP) is 2.96. The summed E-state index contributed by atoms with van der Waals surface area (Å²) in [5.74, 6) is -0.537. The zero-order valence-corrected chi connectivity index (χ0v) is 10.2. The minimum Gasteiger partial charge on any atom is -0.468 e. The summed E-state index contributed by atoms with van der Waals surface area (Å²) in [7, 11) is 1.25. The molecule has 2 unspecified atom stereocenters. The van der Waals surface area contributed by atoms with Crippen LogP contribution in [0.4, 0.5) is 0 Å². The molecule has 0 aromatic heterocycles. The summed E-state index contributed by atoms with van der Waals surface area (Å²) >= 11 is 22.8. The largest absolute Gasteiger partial charge is 0.468 e. The van der Waals surface area contributed by atoms with Gasteiger partial charge in [-0.25, -0.2) is 0 Å². The van der Waals surface area contributed by atoms with Crippen molar-refractivity contribution in [1.29, 1.82) is 0 Å². The molecule has 0 fully saturated rings. The maximum absolute atomic E-state index is 10.9. The second-order valence-corrected chi connectivity index (χ2v) is 5.47. The van der Waals surface area contributed by atoms with Gasteiger partial charge in [-0.3, -0.25) is 4.79 Å². The molecule has 0 spiro atoms. The summed E-state index contributed by atoms with van der Waals surface area (Å²) in [5, 5.41) is -1.42. The first-order chi connectivity index (χ1) is 5.79. The maximum atomic E-state index is 10.9. The highest BCUT2D eigenvalue weighted by molar-refractivity contribution is 6.52. The Labute approximate surface area is 97.4 Å². The third-order valence-electron chi connectivity index (χ3n) is 1.42. The van der Waals surface area contributed by atoms with Crippen molar-refractivity contribution in [3.8, 4) is 0 Å². The molecule has 0 aliphatic carbocycles. The van der Waals surface area contributed by atoms with Crippen LogP contribution in [0, 0.1) is 0 Å². The van der Waals surface area contributed by atoms with Gasteiger partial charge in [0.15, 0.2) is 0 Å². The topological polar surface area (TPSA) is 26.3 Å². The van der Waals surface area contributed by atoms with Crippen LogP contribution in [0.25, 0.3) is 0 Å². The predicted molar refractivity (Wildman–Crippen MR) is 56.0 cm³/mol. The normalized spacial score (nSPS) is 16.5. The second-order valence-electron chi connectivity index (χ2n) is 2.65. The Kier molecular flexibility index (Phi) is 5.76. The van der Waals surface area contributed by atoms with Crippen molar-refractivity contribution >= 4 is 52.4 Å². The number of carbonyl (C=O) groups excluding carboxylic acids is 1. The Morgan fingerprint density at radius 3 is 2.23 bits per heavy atom. The number of carbonyl (C=O) groups is 1. The minimum atomic E-state index is -1.11. The number of esters is 1. The standard InChI is InChI=1S/C7H10Cl4O2/c1-7(10,11)5(9)3-4(8)6(12)13-2/h4-5H,3H2,1-2H3. The van der Waals surface area contributed by atoms with Crippen molar-refractivity contribution in [1.82, 2.24) is 0 Å². The van der Waals surface area contributed by atoms with Crippen LogP contribution in [0.15, 0.2) is 0 Å². The summed E-state index contributed by atoms with van der Waals surface area (Å²) in [4.78, 5) is 10.9. The number of rotatable bonds is 4. The molecule has 6 heteroatoms. The van der Waals surface area contributed by atoms with Crippen LogP contribution >= 0.6 is 46.4 Å². The van der Waals surface area contributed by atoms with E-state index in [2.05, 4.69) is 4.74 Å². The third-order valence-corrected chi connectivity index (χ3v) is 3.14. The first kappa shape index (κ1) is 13.6. The minimum absolute atomic E-state index is 0.166. The summed E-state index contributed by atoms with van der Waals surface area (Å²) in [5.41, 5.74) is 0. The van der Waals surface area contributed by atoms with Gasteiger partial charge in [0.2, 0.25) is 0 Å². The average Bonchev–Trinajstić information content (AvgIpc) is 2.01. The van der Waals surface area contributed by atoms with Crippen molar-refractivity contribution in [3.63, 3.8) is 0 Å². The summed E-state index contributed by atoms with van der Waals surface area (Å²) < 4.78 is 3.30. The van der Waals surface area contributed by atoms with E-state index in [0.29, 0.717) is 0 Å². The fourth-order valence-corrected chi connectivity index (χ4v) is 1.33. The molecule has 78 valence electrons. The molecule has 0 aromatic rings. The summed E-state index contributed by atoms with van der Waals surface area (Å²) in [6.07, 6.45) is 0.166. The van der Waals surface area contributed by atoms with Crippen LogP contribution in [0.5, 0.6) is 0 Å². The Morgan fingerprint density at radius 1 is 1.46 bits per heavy atom. The molecule has 0 saturated heterocycles. The van der Waals surface area contributed by atoms with Crippen molar-refractivity contribution < 1.29 is 9.53 Å². The van der Waals surface area contributed by atoms with Crippen molar-refractivity contribution in [3.05, 3.63) is 0 Å². The van der Waals surface area contributed by atoms with E-state index in [-0.39, 0.29) is 6.42 Å². The SMILES string of the molecule is COC(=O)C(Cl)CC(Cl)C(C)(Cl)Cl. The van der Waals surface area contributed by atoms with Gasteiger partial charge in [-0.15, -0.1) is 46.4 Å². The van der Waals surface area contributed by atoms with Gasteiger partial charge in [0.25, 0.3) is 0 Å². The van der Waals surface area contributed by atoms with E-state index in [4.69, 9.17) is 46.4 Å². The van der Waals surface area contributed by atoms with Crippen molar-refractivity contribution in [2.75, 3.05) is 7.11 Å². The van der Waals surface area contributed by atoms with Gasteiger partial charge in [0, 0.05) is 0 Å². The van der Waals surface area contributed by atoms with E-state index in [1.54, 1.807) is 0 Å². The van der Waals surface area contributed by atoms with Crippen molar-refractivity contribution in [2.24, 2.45) is 0 Å². The monoisotopic (exact) mass is 266 g/mol. The van der Waals surface area contributed by atoms with Crippen LogP contribution in [-0.4, -0.2) is 28.2 Å². The van der Waals surface area contributed by atoms with Gasteiger partial charge in [-0.1, -0.05) is 0 Å². The van der Waals surface area contributed by atoms with E-state index >= 15 is 0 Å². The molecule has 0 amide bonds. The Morgan fingerprint density at radius 2 is 1.92 bits per heavy atom. The second kappa shape index (κ2) is 5.50. The van der Waals surface area contributed by atoms with Gasteiger partial charge < -0.3 is 4.74 Å². The molecular formula is C7H10Cl4O2. The molecule has 2 nitrogen and oxygen atoms in total. The molecule has 0 heterocycles. The number of alkyl halides is 4. The van der Waals surface area contributed by atoms with E-state index < -0.39 is 21.1 Å². The van der Waals surface area contributed by atoms with Gasteiger partial charge in [0.05, 0.1) is 12.5 Å². The quantitative estimate of drug-likeness (QED) is 0.578. The van der Waals surface area contributed by atoms with Crippen LogP contribution in [-0.2, 0) is 9.53 Å². The fraction of sp³-hybridized carbons (Fsp3) is 0.857. The first-order valence-corrected chi connectivity index (χ1v) is 5.15. The fourth-order valence-electron chi connectivity index (χ4n) is 0.613. The summed E-state index contributed by atoms with van der Waals surface area (Å²) in [6.45, 7) is 1.54. The molecule has 0 aliphatic heterocycles. The lowest BCUT2D eigenvalue weighted by Crippen LogP contribution is -2.29. The molecule has 0 rings (SSSR count). The van der Waals surface area contributed by atoms with Crippen molar-refractivity contribution in [2.45, 2.75) is 28.4 Å². The number of hydrogen-bond donors (Lipinski definition) is 0. The summed E-state index contributed by atoms with van der Waals surface area (Å²) in [6, 6.07) is 0. The molecule has 13 heavy (non-hydrogen) atoms. The number of methoxy groups -OCH3 is 1. The smallest absolute Gasteiger partial charge is 0.323 e. The van der Waals surface area contributed by atoms with E-state index in [1.807, 2.05) is 0 Å². The lowest BCUT2D eigenvalue weighted by Gasteiger charge is -2.21. The molecule has 2 atom stereocenters. The molecule has 0 radical (unpaired) electrons. The Bertz CT molecular complexity index is 178. The number of ether oxygens (including phenoxy) is 1. The Balaban J connectivity index is 4.06. The van der Waals surface area contributed by atoms with Crippen LogP contribution in [0.1, 0.15) is 13.3 Å². The average molecular weight is 268 g/mol. The van der Waals surface area contributed by atoms with Gasteiger partial charge in [-0.05, 0) is 13.3 Å². The first-order valence-electron chi connectivity index (χ1n) is 3.52. The Hall–Kier alpha value is 0.630. The number of hydrogen-bond acceptors (Lipinski definition) is 2. The highest BCUT2D eigenvalue weighted by Gasteiger charge is 2.32. The van der Waals surface area contributed by atoms with E-state index in [0.717, 1.165) is 0 Å².